The van der Waals surface area contributed by atoms with Crippen molar-refractivity contribution in [3.8, 4) is 0 Å². The largest absolute Gasteiger partial charge is 0.338 e. The lowest BCUT2D eigenvalue weighted by Crippen LogP contribution is -2.88. The second kappa shape index (κ2) is 10.1. The van der Waals surface area contributed by atoms with E-state index in [-0.39, 0.29) is 18.5 Å². The predicted octanol–water partition coefficient (Wildman–Crippen LogP) is 2.31. The third-order valence-corrected chi connectivity index (χ3v) is 4.37. The van der Waals surface area contributed by atoms with Crippen molar-refractivity contribution in [3.63, 3.8) is 0 Å². The van der Waals surface area contributed by atoms with Gasteiger partial charge in [-0.2, -0.15) is 0 Å². The lowest BCUT2D eigenvalue weighted by atomic mass is 9.92. The molecule has 0 bridgehead atoms. The van der Waals surface area contributed by atoms with Crippen molar-refractivity contribution in [3.05, 3.63) is 35.4 Å². The average Bonchev–Trinajstić information content (AvgIpc) is 2.54. The van der Waals surface area contributed by atoms with Gasteiger partial charge in [0.15, 0.2) is 6.54 Å². The first-order valence-corrected chi connectivity index (χ1v) is 8.89. The number of benzene rings is 1. The molecule has 1 aromatic carbocycles. The molecule has 0 aliphatic rings. The normalized spacial score (nSPS) is 13.4. The number of nitrogens with one attached hydrogen (secondary N) is 2. The van der Waals surface area contributed by atoms with Crippen molar-refractivity contribution in [2.75, 3.05) is 13.1 Å². The number of rotatable bonds is 8. The highest BCUT2D eigenvalue weighted by molar-refractivity contribution is 5.94. The minimum atomic E-state index is -0.435. The Balaban J connectivity index is 2.67. The molecule has 1 aromatic rings. The molecule has 24 heavy (non-hydrogen) atoms. The Hall–Kier alpha value is -1.88. The van der Waals surface area contributed by atoms with Crippen molar-refractivity contribution >= 4 is 11.9 Å². The van der Waals surface area contributed by atoms with E-state index in [1.54, 1.807) is 0 Å². The van der Waals surface area contributed by atoms with Gasteiger partial charge in [0.05, 0.1) is 0 Å². The first-order chi connectivity index (χ1) is 11.4. The molecule has 1 rings (SSSR count). The van der Waals surface area contributed by atoms with Gasteiger partial charge in [0.1, 0.15) is 6.04 Å². The lowest BCUT2D eigenvalue weighted by molar-refractivity contribution is -0.692. The third kappa shape index (κ3) is 6.32. The average molecular weight is 334 g/mol. The fourth-order valence-corrected chi connectivity index (χ4v) is 2.69. The molecule has 0 unspecified atom stereocenters. The molecule has 0 aromatic heterocycles. The summed E-state index contributed by atoms with van der Waals surface area (Å²) in [5.74, 6) is 0.669. The number of quaternary nitrogens is 1. The molecular formula is C19H32N3O2+. The monoisotopic (exact) mass is 334 g/mol. The Morgan fingerprint density at radius 3 is 2.12 bits per heavy atom. The molecule has 134 valence electrons. The molecule has 0 saturated heterocycles. The Labute approximate surface area is 145 Å². The van der Waals surface area contributed by atoms with Crippen LogP contribution in [0.5, 0.6) is 0 Å². The van der Waals surface area contributed by atoms with E-state index in [9.17, 15) is 9.59 Å². The summed E-state index contributed by atoms with van der Waals surface area (Å²) in [6.45, 7) is 11.3. The van der Waals surface area contributed by atoms with E-state index in [0.29, 0.717) is 18.4 Å². The summed E-state index contributed by atoms with van der Waals surface area (Å²) in [7, 11) is 0. The van der Waals surface area contributed by atoms with Crippen molar-refractivity contribution in [1.29, 1.82) is 0 Å². The highest BCUT2D eigenvalue weighted by Crippen LogP contribution is 2.22. The van der Waals surface area contributed by atoms with Crippen LogP contribution >= 0.6 is 0 Å². The van der Waals surface area contributed by atoms with Crippen LogP contribution in [0.3, 0.4) is 0 Å². The zero-order valence-corrected chi connectivity index (χ0v) is 15.6. The summed E-state index contributed by atoms with van der Waals surface area (Å²) in [4.78, 5) is 23.2. The number of carbonyl (C=O) groups is 2. The summed E-state index contributed by atoms with van der Waals surface area (Å²) in [6, 6.07) is 8.43. The van der Waals surface area contributed by atoms with Gasteiger partial charge in [0.25, 0.3) is 5.91 Å². The number of nitrogens with two attached hydrogens (primary N) is 1. The zero-order valence-electron chi connectivity index (χ0n) is 15.6. The van der Waals surface area contributed by atoms with Crippen molar-refractivity contribution in [2.45, 2.75) is 53.0 Å². The standard InChI is InChI=1S/C19H31N3O2/c1-6-14(5)15-8-10-16(11-9-15)18(13(3)4)21-12-17(23)22-19(24)20-7-2/h8-11,13-14,18,21H,6-7,12H2,1-5H3,(H2,20,22,23,24)/p+1/t14-,18+/m1/s1. The number of amides is 3. The third-order valence-electron chi connectivity index (χ3n) is 4.37. The number of carbonyl (C=O) groups excluding carboxylic acids is 2. The molecule has 0 fully saturated rings. The molecule has 0 heterocycles. The minimum absolute atomic E-state index is 0.191. The molecule has 2 atom stereocenters. The topological polar surface area (TPSA) is 74.8 Å². The quantitative estimate of drug-likeness (QED) is 0.682. The predicted molar refractivity (Wildman–Crippen MR) is 96.7 cm³/mol. The summed E-state index contributed by atoms with van der Waals surface area (Å²) in [5, 5.41) is 6.89. The van der Waals surface area contributed by atoms with E-state index in [4.69, 9.17) is 0 Å². The molecule has 0 radical (unpaired) electrons. The number of urea groups is 1. The molecule has 0 aliphatic heterocycles. The molecule has 4 N–H and O–H groups in total. The van der Waals surface area contributed by atoms with Gasteiger partial charge in [-0.1, -0.05) is 52.0 Å². The summed E-state index contributed by atoms with van der Waals surface area (Å²) in [6.07, 6.45) is 1.12. The van der Waals surface area contributed by atoms with E-state index in [1.165, 1.54) is 11.1 Å². The molecule has 3 amide bonds. The van der Waals surface area contributed by atoms with Gasteiger partial charge in [-0.25, -0.2) is 4.79 Å². The maximum absolute atomic E-state index is 11.9. The van der Waals surface area contributed by atoms with Gasteiger partial charge in [0.2, 0.25) is 0 Å². The van der Waals surface area contributed by atoms with Gasteiger partial charge in [-0.3, -0.25) is 10.1 Å². The van der Waals surface area contributed by atoms with Crippen LogP contribution in [-0.4, -0.2) is 25.0 Å². The highest BCUT2D eigenvalue weighted by Gasteiger charge is 2.21. The van der Waals surface area contributed by atoms with Crippen LogP contribution in [0.2, 0.25) is 0 Å². The van der Waals surface area contributed by atoms with Crippen LogP contribution in [0.1, 0.15) is 64.1 Å². The Morgan fingerprint density at radius 2 is 1.62 bits per heavy atom. The van der Waals surface area contributed by atoms with Crippen LogP contribution in [0.25, 0.3) is 0 Å². The Morgan fingerprint density at radius 1 is 1.04 bits per heavy atom. The summed E-state index contributed by atoms with van der Waals surface area (Å²) >= 11 is 0. The van der Waals surface area contributed by atoms with Crippen LogP contribution in [-0.2, 0) is 4.79 Å². The lowest BCUT2D eigenvalue weighted by Gasteiger charge is -2.20. The number of hydrogen-bond acceptors (Lipinski definition) is 2. The van der Waals surface area contributed by atoms with E-state index < -0.39 is 6.03 Å². The van der Waals surface area contributed by atoms with E-state index in [0.717, 1.165) is 6.42 Å². The minimum Gasteiger partial charge on any atom is -0.338 e. The van der Waals surface area contributed by atoms with Crippen molar-refractivity contribution < 1.29 is 14.9 Å². The second-order valence-electron chi connectivity index (χ2n) is 6.59. The first kappa shape index (κ1) is 20.2. The molecule has 5 heteroatoms. The maximum atomic E-state index is 11.9. The Bertz CT molecular complexity index is 526. The van der Waals surface area contributed by atoms with Gasteiger partial charge >= 0.3 is 6.03 Å². The van der Waals surface area contributed by atoms with Crippen LogP contribution in [0, 0.1) is 5.92 Å². The van der Waals surface area contributed by atoms with Crippen molar-refractivity contribution in [2.24, 2.45) is 5.92 Å². The summed E-state index contributed by atoms with van der Waals surface area (Å²) < 4.78 is 0. The van der Waals surface area contributed by atoms with E-state index >= 15 is 0 Å². The number of imide groups is 1. The molecular weight excluding hydrogens is 302 g/mol. The van der Waals surface area contributed by atoms with Gasteiger partial charge < -0.3 is 10.6 Å². The van der Waals surface area contributed by atoms with Gasteiger partial charge in [0, 0.05) is 18.0 Å². The van der Waals surface area contributed by atoms with Gasteiger partial charge in [-0.15, -0.1) is 0 Å². The smallest absolute Gasteiger partial charge is 0.321 e. The SMILES string of the molecule is CCNC(=O)NC(=O)C[NH2+][C@H](c1ccc([C@H](C)CC)cc1)C(C)C. The van der Waals surface area contributed by atoms with E-state index in [1.807, 2.05) is 12.2 Å². The van der Waals surface area contributed by atoms with E-state index in [2.05, 4.69) is 62.6 Å². The fraction of sp³-hybridized carbons (Fsp3) is 0.579. The highest BCUT2D eigenvalue weighted by atomic mass is 16.2. The molecule has 5 nitrogen and oxygen atoms in total. The maximum Gasteiger partial charge on any atom is 0.321 e. The fourth-order valence-electron chi connectivity index (χ4n) is 2.69. The second-order valence-corrected chi connectivity index (χ2v) is 6.59. The van der Waals surface area contributed by atoms with Crippen LogP contribution in [0.15, 0.2) is 24.3 Å². The molecule has 0 saturated carbocycles. The van der Waals surface area contributed by atoms with Crippen molar-refractivity contribution in [1.82, 2.24) is 10.6 Å². The summed E-state index contributed by atoms with van der Waals surface area (Å²) in [5.41, 5.74) is 2.56. The first-order valence-electron chi connectivity index (χ1n) is 8.89. The van der Waals surface area contributed by atoms with Gasteiger partial charge in [-0.05, 0) is 24.8 Å². The Kier molecular flexibility index (Phi) is 8.47. The molecule has 0 spiro atoms. The van der Waals surface area contributed by atoms with Crippen LogP contribution < -0.4 is 16.0 Å². The number of hydrogen-bond donors (Lipinski definition) is 3. The van der Waals surface area contributed by atoms with Crippen LogP contribution in [0.4, 0.5) is 4.79 Å². The zero-order chi connectivity index (χ0) is 18.1. The molecule has 0 aliphatic carbocycles.